The topological polar surface area (TPSA) is 69.2 Å². The van der Waals surface area contributed by atoms with Crippen LogP contribution in [0.1, 0.15) is 12.5 Å². The molecule has 1 N–H and O–H groups in total. The van der Waals surface area contributed by atoms with Gasteiger partial charge in [-0.3, -0.25) is 4.79 Å². The molecule has 27 heavy (non-hydrogen) atoms. The van der Waals surface area contributed by atoms with Crippen molar-refractivity contribution < 1.29 is 19.0 Å². The van der Waals surface area contributed by atoms with Crippen LogP contribution in [0.15, 0.2) is 52.4 Å². The van der Waals surface area contributed by atoms with E-state index in [0.29, 0.717) is 27.3 Å². The molecule has 1 amide bonds. The molecule has 1 aliphatic heterocycles. The smallest absolute Gasteiger partial charge is 0.264 e. The van der Waals surface area contributed by atoms with E-state index in [2.05, 4.69) is 10.3 Å². The fourth-order valence-electron chi connectivity index (χ4n) is 2.59. The van der Waals surface area contributed by atoms with E-state index in [1.54, 1.807) is 39.5 Å². The molecule has 2 aromatic carbocycles. The zero-order chi connectivity index (χ0) is 19.4. The molecule has 0 unspecified atom stereocenters. The number of amides is 1. The van der Waals surface area contributed by atoms with Crippen molar-refractivity contribution in [2.24, 2.45) is 4.99 Å². The Balaban J connectivity index is 1.92. The number of thioether (sulfide) groups is 1. The normalized spacial score (nSPS) is 16.9. The Morgan fingerprint density at radius 2 is 1.74 bits per heavy atom. The zero-order valence-corrected chi connectivity index (χ0v) is 16.3. The summed E-state index contributed by atoms with van der Waals surface area (Å²) in [5, 5.41) is 3.31. The van der Waals surface area contributed by atoms with Crippen LogP contribution in [0.5, 0.6) is 17.2 Å². The van der Waals surface area contributed by atoms with Crippen molar-refractivity contribution in [2.75, 3.05) is 21.3 Å². The zero-order valence-electron chi connectivity index (χ0n) is 15.5. The van der Waals surface area contributed by atoms with Crippen LogP contribution < -0.4 is 19.5 Å². The van der Waals surface area contributed by atoms with Crippen molar-refractivity contribution in [3.8, 4) is 17.2 Å². The standard InChI is InChI=1S/C20H20N2O4S/c1-12(13-6-5-7-14(10-13)24-2)18-19(23)22-20(27-18)21-16-9-8-15(25-3)11-17(16)26-4/h5-11H,1-4H3,(H,21,22,23)/b18-12-. The number of carbonyl (C=O) groups excluding carboxylic acids is 1. The summed E-state index contributed by atoms with van der Waals surface area (Å²) >= 11 is 1.30. The van der Waals surface area contributed by atoms with Crippen LogP contribution in [-0.4, -0.2) is 32.4 Å². The van der Waals surface area contributed by atoms with E-state index in [-0.39, 0.29) is 5.91 Å². The largest absolute Gasteiger partial charge is 0.497 e. The van der Waals surface area contributed by atoms with Crippen LogP contribution in [0, 0.1) is 0 Å². The van der Waals surface area contributed by atoms with E-state index in [4.69, 9.17) is 14.2 Å². The summed E-state index contributed by atoms with van der Waals surface area (Å²) in [6, 6.07) is 12.9. The van der Waals surface area contributed by atoms with Gasteiger partial charge in [0.05, 0.1) is 26.2 Å². The number of aliphatic imine (C=N–C) groups is 1. The summed E-state index contributed by atoms with van der Waals surface area (Å²) in [6.07, 6.45) is 0. The molecule has 1 fully saturated rings. The van der Waals surface area contributed by atoms with Crippen LogP contribution in [0.3, 0.4) is 0 Å². The van der Waals surface area contributed by atoms with Gasteiger partial charge in [-0.05, 0) is 54.1 Å². The average molecular weight is 384 g/mol. The van der Waals surface area contributed by atoms with Gasteiger partial charge in [0, 0.05) is 6.07 Å². The Bertz CT molecular complexity index is 937. The SMILES string of the molecule is COc1cccc(/C(C)=C2\SC(=Nc3ccc(OC)cc3OC)NC2=O)c1. The minimum atomic E-state index is -0.174. The van der Waals surface area contributed by atoms with Crippen molar-refractivity contribution in [1.29, 1.82) is 0 Å². The highest BCUT2D eigenvalue weighted by atomic mass is 32.2. The van der Waals surface area contributed by atoms with Crippen LogP contribution in [-0.2, 0) is 4.79 Å². The van der Waals surface area contributed by atoms with Gasteiger partial charge in [-0.2, -0.15) is 0 Å². The van der Waals surface area contributed by atoms with E-state index in [0.717, 1.165) is 16.9 Å². The minimum Gasteiger partial charge on any atom is -0.497 e. The molecule has 0 spiro atoms. The molecular weight excluding hydrogens is 364 g/mol. The third-order valence-electron chi connectivity index (χ3n) is 4.08. The van der Waals surface area contributed by atoms with Gasteiger partial charge in [-0.25, -0.2) is 4.99 Å². The van der Waals surface area contributed by atoms with Crippen molar-refractivity contribution in [3.63, 3.8) is 0 Å². The van der Waals surface area contributed by atoms with Crippen LogP contribution in [0.2, 0.25) is 0 Å². The fraction of sp³-hybridized carbons (Fsp3) is 0.200. The summed E-state index contributed by atoms with van der Waals surface area (Å²) in [5.74, 6) is 1.81. The Labute approximate surface area is 162 Å². The monoisotopic (exact) mass is 384 g/mol. The number of allylic oxidation sites excluding steroid dienone is 1. The average Bonchev–Trinajstić information content (AvgIpc) is 3.07. The summed E-state index contributed by atoms with van der Waals surface area (Å²) in [5.41, 5.74) is 2.40. The molecule has 0 aliphatic carbocycles. The van der Waals surface area contributed by atoms with Gasteiger partial charge < -0.3 is 19.5 Å². The number of rotatable bonds is 5. The van der Waals surface area contributed by atoms with Gasteiger partial charge in [-0.15, -0.1) is 0 Å². The molecule has 0 radical (unpaired) electrons. The first-order valence-electron chi connectivity index (χ1n) is 8.21. The summed E-state index contributed by atoms with van der Waals surface area (Å²) < 4.78 is 15.8. The number of nitrogens with one attached hydrogen (secondary N) is 1. The lowest BCUT2D eigenvalue weighted by Crippen LogP contribution is -2.19. The number of carbonyl (C=O) groups is 1. The lowest BCUT2D eigenvalue weighted by Gasteiger charge is -2.07. The fourth-order valence-corrected chi connectivity index (χ4v) is 3.49. The number of methoxy groups -OCH3 is 3. The summed E-state index contributed by atoms with van der Waals surface area (Å²) in [7, 11) is 4.77. The highest BCUT2D eigenvalue weighted by Crippen LogP contribution is 2.36. The lowest BCUT2D eigenvalue weighted by atomic mass is 10.1. The number of hydrogen-bond acceptors (Lipinski definition) is 6. The maximum absolute atomic E-state index is 12.4. The Morgan fingerprint density at radius 1 is 1.00 bits per heavy atom. The maximum Gasteiger partial charge on any atom is 0.264 e. The second-order valence-electron chi connectivity index (χ2n) is 5.70. The van der Waals surface area contributed by atoms with Crippen LogP contribution >= 0.6 is 11.8 Å². The molecule has 0 atom stereocenters. The first-order valence-corrected chi connectivity index (χ1v) is 9.02. The van der Waals surface area contributed by atoms with Gasteiger partial charge in [0.2, 0.25) is 0 Å². The van der Waals surface area contributed by atoms with E-state index >= 15 is 0 Å². The summed E-state index contributed by atoms with van der Waals surface area (Å²) in [4.78, 5) is 17.6. The van der Waals surface area contributed by atoms with Crippen molar-refractivity contribution in [2.45, 2.75) is 6.92 Å². The minimum absolute atomic E-state index is 0.174. The van der Waals surface area contributed by atoms with Gasteiger partial charge >= 0.3 is 0 Å². The van der Waals surface area contributed by atoms with E-state index in [9.17, 15) is 4.79 Å². The van der Waals surface area contributed by atoms with E-state index in [1.165, 1.54) is 11.8 Å². The lowest BCUT2D eigenvalue weighted by molar-refractivity contribution is -0.115. The molecule has 1 saturated heterocycles. The third kappa shape index (κ3) is 4.09. The molecule has 0 saturated carbocycles. The van der Waals surface area contributed by atoms with Gasteiger partial charge in [0.1, 0.15) is 22.9 Å². The van der Waals surface area contributed by atoms with E-state index < -0.39 is 0 Å². The van der Waals surface area contributed by atoms with Crippen LogP contribution in [0.25, 0.3) is 5.57 Å². The highest BCUT2D eigenvalue weighted by Gasteiger charge is 2.27. The molecule has 3 rings (SSSR count). The first kappa shape index (κ1) is 18.8. The van der Waals surface area contributed by atoms with Gasteiger partial charge in [-0.1, -0.05) is 12.1 Å². The van der Waals surface area contributed by atoms with Crippen molar-refractivity contribution >= 4 is 34.1 Å². The number of hydrogen-bond donors (Lipinski definition) is 1. The highest BCUT2D eigenvalue weighted by molar-refractivity contribution is 8.18. The number of amidine groups is 1. The quantitative estimate of drug-likeness (QED) is 0.790. The molecule has 7 heteroatoms. The molecule has 2 aromatic rings. The van der Waals surface area contributed by atoms with Crippen molar-refractivity contribution in [3.05, 3.63) is 52.9 Å². The molecule has 140 valence electrons. The molecule has 0 bridgehead atoms. The Hall–Kier alpha value is -2.93. The third-order valence-corrected chi connectivity index (χ3v) is 5.16. The van der Waals surface area contributed by atoms with Crippen LogP contribution in [0.4, 0.5) is 5.69 Å². The maximum atomic E-state index is 12.4. The second kappa shape index (κ2) is 8.18. The predicted molar refractivity (Wildman–Crippen MR) is 108 cm³/mol. The van der Waals surface area contributed by atoms with E-state index in [1.807, 2.05) is 31.2 Å². The Kier molecular flexibility index (Phi) is 5.71. The number of ether oxygens (including phenoxy) is 3. The molecule has 1 aliphatic rings. The van der Waals surface area contributed by atoms with Gasteiger partial charge in [0.15, 0.2) is 5.17 Å². The molecule has 0 aromatic heterocycles. The summed E-state index contributed by atoms with van der Waals surface area (Å²) in [6.45, 7) is 1.91. The van der Waals surface area contributed by atoms with Crippen molar-refractivity contribution in [1.82, 2.24) is 5.32 Å². The Morgan fingerprint density at radius 3 is 2.44 bits per heavy atom. The molecule has 6 nitrogen and oxygen atoms in total. The van der Waals surface area contributed by atoms with Gasteiger partial charge in [0.25, 0.3) is 5.91 Å². The number of nitrogens with zero attached hydrogens (tertiary/aromatic N) is 1. The second-order valence-corrected chi connectivity index (χ2v) is 6.70. The first-order chi connectivity index (χ1) is 13.0. The predicted octanol–water partition coefficient (Wildman–Crippen LogP) is 3.99. The molecule has 1 heterocycles. The molecular formula is C20H20N2O4S. The number of benzene rings is 2.